The molecular weight excluding hydrogens is 220 g/mol. The molecule has 0 aliphatic heterocycles. The van der Waals surface area contributed by atoms with E-state index in [0.717, 1.165) is 35.0 Å². The number of hydrogen-bond acceptors (Lipinski definition) is 4. The minimum Gasteiger partial charge on any atom is -0.399 e. The number of aromatic amines is 1. The van der Waals surface area contributed by atoms with Gasteiger partial charge in [-0.05, 0) is 24.5 Å². The lowest BCUT2D eigenvalue weighted by molar-refractivity contribution is 0.932. The molecule has 86 valence electrons. The summed E-state index contributed by atoms with van der Waals surface area (Å²) in [7, 11) is 2.04. The van der Waals surface area contributed by atoms with E-state index in [9.17, 15) is 0 Å². The van der Waals surface area contributed by atoms with Crippen LogP contribution in [0.5, 0.6) is 0 Å². The van der Waals surface area contributed by atoms with Crippen LogP contribution in [-0.2, 0) is 0 Å². The molecule has 4 nitrogen and oxygen atoms in total. The van der Waals surface area contributed by atoms with Crippen LogP contribution in [0.3, 0.4) is 0 Å². The first-order valence-corrected chi connectivity index (χ1v) is 6.55. The third-order valence-electron chi connectivity index (χ3n) is 2.49. The number of thioether (sulfide) groups is 1. The molecule has 0 amide bonds. The number of H-pyrrole nitrogens is 1. The molecule has 0 spiro atoms. The number of nitrogens with zero attached hydrogens (tertiary/aromatic N) is 2. The molecule has 0 saturated carbocycles. The smallest absolute Gasteiger partial charge is 0.203 e. The summed E-state index contributed by atoms with van der Waals surface area (Å²) >= 11 is 1.83. The maximum absolute atomic E-state index is 5.72. The third-order valence-corrected chi connectivity index (χ3v) is 3.08. The fourth-order valence-corrected chi connectivity index (χ4v) is 1.99. The normalized spacial score (nSPS) is 10.9. The Hall–Kier alpha value is -1.36. The maximum atomic E-state index is 5.72. The lowest BCUT2D eigenvalue weighted by Gasteiger charge is -2.14. The summed E-state index contributed by atoms with van der Waals surface area (Å²) in [6.45, 7) is 0.983. The first-order chi connectivity index (χ1) is 7.70. The summed E-state index contributed by atoms with van der Waals surface area (Å²) in [5.74, 6) is 1.99. The zero-order valence-corrected chi connectivity index (χ0v) is 10.3. The van der Waals surface area contributed by atoms with E-state index >= 15 is 0 Å². The van der Waals surface area contributed by atoms with Crippen molar-refractivity contribution in [2.45, 2.75) is 0 Å². The standard InChI is InChI=1S/C11H16N4S/c1-15(5-6-16-2)11-13-9-4-3-8(12)7-10(9)14-11/h3-4,7H,5-6,12H2,1-2H3,(H,13,14). The summed E-state index contributed by atoms with van der Waals surface area (Å²) in [5.41, 5.74) is 8.43. The molecule has 0 aliphatic rings. The van der Waals surface area contributed by atoms with Crippen LogP contribution in [0.15, 0.2) is 18.2 Å². The molecule has 0 atom stereocenters. The zero-order chi connectivity index (χ0) is 11.5. The summed E-state index contributed by atoms with van der Waals surface area (Å²) in [4.78, 5) is 9.90. The van der Waals surface area contributed by atoms with Crippen LogP contribution in [0.2, 0.25) is 0 Å². The third kappa shape index (κ3) is 2.24. The van der Waals surface area contributed by atoms with E-state index in [1.807, 2.05) is 37.0 Å². The molecule has 2 rings (SSSR count). The number of fused-ring (bicyclic) bond motifs is 1. The SMILES string of the molecule is CSCCN(C)c1nc2ccc(N)cc2[nH]1. The Labute approximate surface area is 99.2 Å². The zero-order valence-electron chi connectivity index (χ0n) is 9.53. The van der Waals surface area contributed by atoms with Gasteiger partial charge in [-0.1, -0.05) is 0 Å². The molecule has 5 heteroatoms. The van der Waals surface area contributed by atoms with Crippen molar-refractivity contribution in [2.24, 2.45) is 0 Å². The minimum absolute atomic E-state index is 0.759. The molecule has 0 bridgehead atoms. The van der Waals surface area contributed by atoms with Gasteiger partial charge in [0.15, 0.2) is 0 Å². The highest BCUT2D eigenvalue weighted by molar-refractivity contribution is 7.98. The predicted molar refractivity (Wildman–Crippen MR) is 72.2 cm³/mol. The van der Waals surface area contributed by atoms with Gasteiger partial charge in [0.2, 0.25) is 5.95 Å². The van der Waals surface area contributed by atoms with Crippen LogP contribution >= 0.6 is 11.8 Å². The fourth-order valence-electron chi connectivity index (χ4n) is 1.53. The summed E-state index contributed by atoms with van der Waals surface area (Å²) in [5, 5.41) is 0. The van der Waals surface area contributed by atoms with E-state index in [0.29, 0.717) is 0 Å². The van der Waals surface area contributed by atoms with Crippen molar-refractivity contribution in [3.63, 3.8) is 0 Å². The van der Waals surface area contributed by atoms with Gasteiger partial charge in [0.05, 0.1) is 11.0 Å². The Morgan fingerprint density at radius 1 is 1.50 bits per heavy atom. The van der Waals surface area contributed by atoms with Crippen LogP contribution in [0.4, 0.5) is 11.6 Å². The Morgan fingerprint density at radius 3 is 3.06 bits per heavy atom. The molecule has 0 saturated heterocycles. The lowest BCUT2D eigenvalue weighted by atomic mass is 10.3. The molecule has 1 aromatic carbocycles. The Morgan fingerprint density at radius 2 is 2.31 bits per heavy atom. The maximum Gasteiger partial charge on any atom is 0.203 e. The number of imidazole rings is 1. The van der Waals surface area contributed by atoms with Crippen molar-refractivity contribution in [3.05, 3.63) is 18.2 Å². The van der Waals surface area contributed by atoms with E-state index in [-0.39, 0.29) is 0 Å². The number of nitrogens with one attached hydrogen (secondary N) is 1. The van der Waals surface area contributed by atoms with Crippen LogP contribution in [0.1, 0.15) is 0 Å². The second-order valence-corrected chi connectivity index (χ2v) is 4.74. The fraction of sp³-hybridized carbons (Fsp3) is 0.364. The number of nitrogen functional groups attached to an aromatic ring is 1. The minimum atomic E-state index is 0.759. The molecule has 0 aliphatic carbocycles. The number of benzene rings is 1. The van der Waals surface area contributed by atoms with E-state index in [4.69, 9.17) is 5.73 Å². The Balaban J connectivity index is 2.25. The summed E-state index contributed by atoms with van der Waals surface area (Å²) < 4.78 is 0. The number of rotatable bonds is 4. The average Bonchev–Trinajstić information content (AvgIpc) is 2.68. The quantitative estimate of drug-likeness (QED) is 0.797. The first kappa shape index (κ1) is 11.1. The highest BCUT2D eigenvalue weighted by Crippen LogP contribution is 2.18. The molecule has 0 radical (unpaired) electrons. The van der Waals surface area contributed by atoms with Gasteiger partial charge < -0.3 is 15.6 Å². The van der Waals surface area contributed by atoms with Crippen LogP contribution in [-0.4, -0.2) is 35.6 Å². The van der Waals surface area contributed by atoms with Crippen LogP contribution in [0.25, 0.3) is 11.0 Å². The first-order valence-electron chi connectivity index (χ1n) is 5.16. The predicted octanol–water partition coefficient (Wildman–Crippen LogP) is 1.94. The van der Waals surface area contributed by atoms with Gasteiger partial charge in [-0.15, -0.1) is 0 Å². The largest absolute Gasteiger partial charge is 0.399 e. The van der Waals surface area contributed by atoms with Crippen molar-refractivity contribution in [1.82, 2.24) is 9.97 Å². The van der Waals surface area contributed by atoms with Crippen molar-refractivity contribution in [1.29, 1.82) is 0 Å². The molecule has 1 heterocycles. The number of aromatic nitrogens is 2. The van der Waals surface area contributed by atoms with Crippen molar-refractivity contribution < 1.29 is 0 Å². The van der Waals surface area contributed by atoms with Gasteiger partial charge in [0.25, 0.3) is 0 Å². The van der Waals surface area contributed by atoms with E-state index in [2.05, 4.69) is 21.1 Å². The summed E-state index contributed by atoms with van der Waals surface area (Å²) in [6.07, 6.45) is 2.10. The van der Waals surface area contributed by atoms with Gasteiger partial charge in [0, 0.05) is 25.0 Å². The number of hydrogen-bond donors (Lipinski definition) is 2. The van der Waals surface area contributed by atoms with Gasteiger partial charge in [-0.3, -0.25) is 0 Å². The van der Waals surface area contributed by atoms with E-state index < -0.39 is 0 Å². The summed E-state index contributed by atoms with van der Waals surface area (Å²) in [6, 6.07) is 5.72. The number of nitrogens with two attached hydrogens (primary N) is 1. The second kappa shape index (κ2) is 4.65. The van der Waals surface area contributed by atoms with Gasteiger partial charge in [0.1, 0.15) is 0 Å². The van der Waals surface area contributed by atoms with Gasteiger partial charge >= 0.3 is 0 Å². The molecule has 0 fully saturated rings. The molecule has 1 aromatic heterocycles. The second-order valence-electron chi connectivity index (χ2n) is 3.75. The Bertz CT molecular complexity index is 480. The monoisotopic (exact) mass is 236 g/mol. The van der Waals surface area contributed by atoms with E-state index in [1.165, 1.54) is 0 Å². The van der Waals surface area contributed by atoms with Crippen LogP contribution in [0, 0.1) is 0 Å². The number of anilines is 2. The van der Waals surface area contributed by atoms with Crippen molar-refractivity contribution >= 4 is 34.4 Å². The molecule has 2 aromatic rings. The van der Waals surface area contributed by atoms with E-state index in [1.54, 1.807) is 0 Å². The average molecular weight is 236 g/mol. The highest BCUT2D eigenvalue weighted by atomic mass is 32.2. The molecule has 16 heavy (non-hydrogen) atoms. The van der Waals surface area contributed by atoms with Crippen molar-refractivity contribution in [3.8, 4) is 0 Å². The van der Waals surface area contributed by atoms with Crippen LogP contribution < -0.4 is 10.6 Å². The van der Waals surface area contributed by atoms with Gasteiger partial charge in [-0.2, -0.15) is 11.8 Å². The van der Waals surface area contributed by atoms with Gasteiger partial charge in [-0.25, -0.2) is 4.98 Å². The topological polar surface area (TPSA) is 57.9 Å². The molecule has 3 N–H and O–H groups in total. The Kier molecular flexibility index (Phi) is 3.24. The molecule has 0 unspecified atom stereocenters. The van der Waals surface area contributed by atoms with Crippen molar-refractivity contribution in [2.75, 3.05) is 36.2 Å². The lowest BCUT2D eigenvalue weighted by Crippen LogP contribution is -2.21. The highest BCUT2D eigenvalue weighted by Gasteiger charge is 2.06. The molecular formula is C11H16N4S.